The van der Waals surface area contributed by atoms with Gasteiger partial charge in [-0.3, -0.25) is 0 Å². The summed E-state index contributed by atoms with van der Waals surface area (Å²) in [4.78, 5) is -0.610. The summed E-state index contributed by atoms with van der Waals surface area (Å²) in [6.45, 7) is 0. The molecule has 9 heavy (non-hydrogen) atoms. The van der Waals surface area contributed by atoms with Crippen molar-refractivity contribution in [3.05, 3.63) is 0 Å². The predicted octanol–water partition coefficient (Wildman–Crippen LogP) is 1.30. The Balaban J connectivity index is 2.35. The zero-order chi connectivity index (χ0) is 6.91. The van der Waals surface area contributed by atoms with E-state index in [1.54, 1.807) is 7.11 Å². The molecular formula is C6H8ClNO. The van der Waals surface area contributed by atoms with Gasteiger partial charge in [0.1, 0.15) is 4.87 Å². The van der Waals surface area contributed by atoms with Crippen molar-refractivity contribution in [2.45, 2.75) is 23.8 Å². The van der Waals surface area contributed by atoms with Crippen LogP contribution in [0, 0.1) is 11.3 Å². The molecule has 0 aromatic carbocycles. The van der Waals surface area contributed by atoms with Gasteiger partial charge < -0.3 is 4.74 Å². The highest BCUT2D eigenvalue weighted by molar-refractivity contribution is 6.26. The van der Waals surface area contributed by atoms with Crippen molar-refractivity contribution in [2.75, 3.05) is 7.11 Å². The van der Waals surface area contributed by atoms with Crippen molar-refractivity contribution in [1.82, 2.24) is 0 Å². The number of hydrogen-bond acceptors (Lipinski definition) is 2. The first-order valence-electron chi connectivity index (χ1n) is 2.83. The van der Waals surface area contributed by atoms with E-state index in [1.165, 1.54) is 0 Å². The van der Waals surface area contributed by atoms with Crippen molar-refractivity contribution < 1.29 is 4.74 Å². The Labute approximate surface area is 59.4 Å². The summed E-state index contributed by atoms with van der Waals surface area (Å²) >= 11 is 5.72. The van der Waals surface area contributed by atoms with Gasteiger partial charge in [-0.25, -0.2) is 0 Å². The Morgan fingerprint density at radius 2 is 2.33 bits per heavy atom. The first kappa shape index (κ1) is 6.85. The van der Waals surface area contributed by atoms with Crippen LogP contribution in [0.2, 0.25) is 0 Å². The average Bonchev–Trinajstić information content (AvgIpc) is 1.81. The number of rotatable bonds is 1. The minimum atomic E-state index is -0.610. The maximum Gasteiger partial charge on any atom is 0.136 e. The second-order valence-electron chi connectivity index (χ2n) is 2.34. The molecule has 0 heterocycles. The molecule has 1 aliphatic carbocycles. The molecule has 0 aliphatic heterocycles. The predicted molar refractivity (Wildman–Crippen MR) is 34.2 cm³/mol. The van der Waals surface area contributed by atoms with Crippen molar-refractivity contribution in [1.29, 1.82) is 5.26 Å². The van der Waals surface area contributed by atoms with Gasteiger partial charge in [0.15, 0.2) is 0 Å². The summed E-state index contributed by atoms with van der Waals surface area (Å²) in [7, 11) is 1.64. The van der Waals surface area contributed by atoms with E-state index < -0.39 is 4.87 Å². The molecule has 3 heteroatoms. The summed E-state index contributed by atoms with van der Waals surface area (Å²) < 4.78 is 4.95. The van der Waals surface area contributed by atoms with Crippen LogP contribution < -0.4 is 0 Å². The van der Waals surface area contributed by atoms with Gasteiger partial charge in [-0.15, -0.1) is 11.6 Å². The summed E-state index contributed by atoms with van der Waals surface area (Å²) in [6.07, 6.45) is 1.55. The summed E-state index contributed by atoms with van der Waals surface area (Å²) in [5.41, 5.74) is 0. The van der Waals surface area contributed by atoms with Gasteiger partial charge >= 0.3 is 0 Å². The molecule has 0 unspecified atom stereocenters. The molecule has 0 aromatic rings. The molecule has 0 aromatic heterocycles. The van der Waals surface area contributed by atoms with Crippen LogP contribution in [0.15, 0.2) is 0 Å². The van der Waals surface area contributed by atoms with Crippen LogP contribution in [-0.4, -0.2) is 18.1 Å². The Morgan fingerprint density at radius 1 is 1.78 bits per heavy atom. The summed E-state index contributed by atoms with van der Waals surface area (Å²) in [5, 5.41) is 8.42. The second kappa shape index (κ2) is 2.17. The first-order chi connectivity index (χ1) is 4.20. The number of hydrogen-bond donors (Lipinski definition) is 0. The maximum absolute atomic E-state index is 8.42. The molecule has 0 radical (unpaired) electrons. The molecule has 50 valence electrons. The van der Waals surface area contributed by atoms with Gasteiger partial charge in [0, 0.05) is 20.0 Å². The van der Waals surface area contributed by atoms with E-state index in [9.17, 15) is 0 Å². The van der Waals surface area contributed by atoms with Crippen LogP contribution in [0.4, 0.5) is 0 Å². The summed E-state index contributed by atoms with van der Waals surface area (Å²) in [5.74, 6) is 0. The smallest absolute Gasteiger partial charge is 0.136 e. The van der Waals surface area contributed by atoms with Gasteiger partial charge in [-0.05, 0) is 0 Å². The van der Waals surface area contributed by atoms with Gasteiger partial charge in [0.25, 0.3) is 0 Å². The molecule has 1 fully saturated rings. The highest BCUT2D eigenvalue weighted by atomic mass is 35.5. The van der Waals surface area contributed by atoms with Crippen LogP contribution in [-0.2, 0) is 4.74 Å². The molecule has 1 saturated carbocycles. The fourth-order valence-electron chi connectivity index (χ4n) is 0.920. The lowest BCUT2D eigenvalue weighted by Gasteiger charge is -2.36. The number of ether oxygens (including phenoxy) is 1. The number of nitriles is 1. The van der Waals surface area contributed by atoms with Gasteiger partial charge in [0.2, 0.25) is 0 Å². The second-order valence-corrected chi connectivity index (χ2v) is 3.07. The monoisotopic (exact) mass is 145 g/mol. The Hall–Kier alpha value is -0.260. The molecule has 0 amide bonds. The van der Waals surface area contributed by atoms with Crippen LogP contribution in [0.25, 0.3) is 0 Å². The maximum atomic E-state index is 8.42. The van der Waals surface area contributed by atoms with Gasteiger partial charge in [0.05, 0.1) is 12.2 Å². The number of methoxy groups -OCH3 is 1. The van der Waals surface area contributed by atoms with Crippen molar-refractivity contribution >= 4 is 11.6 Å². The largest absolute Gasteiger partial charge is 0.381 e. The molecule has 0 N–H and O–H groups in total. The van der Waals surface area contributed by atoms with E-state index in [-0.39, 0.29) is 6.10 Å². The zero-order valence-electron chi connectivity index (χ0n) is 5.22. The summed E-state index contributed by atoms with van der Waals surface area (Å²) in [6, 6.07) is 2.03. The lowest BCUT2D eigenvalue weighted by atomic mass is 9.82. The highest BCUT2D eigenvalue weighted by Crippen LogP contribution is 2.39. The van der Waals surface area contributed by atoms with E-state index in [2.05, 4.69) is 0 Å². The number of alkyl halides is 1. The molecule has 2 nitrogen and oxygen atoms in total. The lowest BCUT2D eigenvalue weighted by Crippen LogP contribution is -2.42. The van der Waals surface area contributed by atoms with Crippen LogP contribution >= 0.6 is 11.6 Å². The molecule has 1 aliphatic rings. The van der Waals surface area contributed by atoms with E-state index >= 15 is 0 Å². The minimum absolute atomic E-state index is 0.210. The number of nitrogens with zero attached hydrogens (tertiary/aromatic N) is 1. The van der Waals surface area contributed by atoms with Gasteiger partial charge in [-0.1, -0.05) is 0 Å². The third-order valence-electron chi connectivity index (χ3n) is 1.64. The molecular weight excluding hydrogens is 138 g/mol. The van der Waals surface area contributed by atoms with E-state index in [0.29, 0.717) is 12.8 Å². The zero-order valence-corrected chi connectivity index (χ0v) is 5.98. The fourth-order valence-corrected chi connectivity index (χ4v) is 1.26. The Bertz CT molecular complexity index is 146. The van der Waals surface area contributed by atoms with Crippen molar-refractivity contribution in [3.8, 4) is 6.07 Å². The van der Waals surface area contributed by atoms with Crippen LogP contribution in [0.1, 0.15) is 12.8 Å². The topological polar surface area (TPSA) is 33.0 Å². The molecule has 0 atom stereocenters. The standard InChI is InChI=1S/C6H8ClNO/c1-9-5-2-6(7,3-5)4-8/h5H,2-3H2,1H3. The number of halogens is 1. The molecule has 0 saturated heterocycles. The van der Waals surface area contributed by atoms with Crippen molar-refractivity contribution in [2.24, 2.45) is 0 Å². The average molecular weight is 146 g/mol. The third kappa shape index (κ3) is 1.17. The Kier molecular flexibility index (Phi) is 1.65. The normalized spacial score (nSPS) is 41.2. The molecule has 0 spiro atoms. The molecule has 0 bridgehead atoms. The highest BCUT2D eigenvalue weighted by Gasteiger charge is 2.43. The fraction of sp³-hybridized carbons (Fsp3) is 0.833. The van der Waals surface area contributed by atoms with Crippen LogP contribution in [0.5, 0.6) is 0 Å². The lowest BCUT2D eigenvalue weighted by molar-refractivity contribution is 0.0281. The Morgan fingerprint density at radius 3 is 2.67 bits per heavy atom. The molecule has 1 rings (SSSR count). The minimum Gasteiger partial charge on any atom is -0.381 e. The SMILES string of the molecule is COC1CC(Cl)(C#N)C1. The van der Waals surface area contributed by atoms with E-state index in [4.69, 9.17) is 21.6 Å². The van der Waals surface area contributed by atoms with Crippen molar-refractivity contribution in [3.63, 3.8) is 0 Å². The van der Waals surface area contributed by atoms with E-state index in [1.807, 2.05) is 6.07 Å². The third-order valence-corrected chi connectivity index (χ3v) is 2.03. The van der Waals surface area contributed by atoms with Gasteiger partial charge in [-0.2, -0.15) is 5.26 Å². The quantitative estimate of drug-likeness (QED) is 0.521. The first-order valence-corrected chi connectivity index (χ1v) is 3.21. The van der Waals surface area contributed by atoms with Crippen LogP contribution in [0.3, 0.4) is 0 Å². The van der Waals surface area contributed by atoms with E-state index in [0.717, 1.165) is 0 Å².